The average molecular weight is 280 g/mol. The van der Waals surface area contributed by atoms with E-state index in [0.29, 0.717) is 12.2 Å². The van der Waals surface area contributed by atoms with Crippen LogP contribution in [0.5, 0.6) is 0 Å². The fraction of sp³-hybridized carbons (Fsp3) is 1.00. The van der Waals surface area contributed by atoms with Crippen molar-refractivity contribution in [1.29, 1.82) is 0 Å². The Morgan fingerprint density at radius 1 is 1.05 bits per heavy atom. The number of hydrogen-bond acceptors (Lipinski definition) is 3. The molecule has 0 amide bonds. The second-order valence-electron chi connectivity index (χ2n) is 7.63. The van der Waals surface area contributed by atoms with Crippen LogP contribution in [0.4, 0.5) is 0 Å². The number of nitrogens with zero attached hydrogens (tertiary/aromatic N) is 1. The molecular weight excluding hydrogens is 248 g/mol. The molecule has 4 unspecified atom stereocenters. The molecule has 3 heteroatoms. The van der Waals surface area contributed by atoms with Crippen LogP contribution in [0, 0.1) is 11.8 Å². The summed E-state index contributed by atoms with van der Waals surface area (Å²) in [5, 5.41) is 0. The molecule has 20 heavy (non-hydrogen) atoms. The molecule has 116 valence electrons. The molecular formula is C17H32N2O. The molecule has 2 aliphatic heterocycles. The topological polar surface area (TPSA) is 38.5 Å². The fourth-order valence-corrected chi connectivity index (χ4v) is 5.23. The number of likely N-dealkylation sites (tertiary alicyclic amines) is 1. The third-order valence-electron chi connectivity index (χ3n) is 6.14. The van der Waals surface area contributed by atoms with Crippen LogP contribution in [-0.4, -0.2) is 42.3 Å². The zero-order valence-electron chi connectivity index (χ0n) is 13.3. The van der Waals surface area contributed by atoms with Gasteiger partial charge in [-0.3, -0.25) is 4.90 Å². The number of ether oxygens (including phenoxy) is 1. The molecule has 0 bridgehead atoms. The molecule has 3 rings (SSSR count). The molecule has 0 aromatic heterocycles. The number of hydrogen-bond donors (Lipinski definition) is 1. The lowest BCUT2D eigenvalue weighted by molar-refractivity contribution is -0.116. The van der Waals surface area contributed by atoms with Crippen LogP contribution in [-0.2, 0) is 4.74 Å². The first-order chi connectivity index (χ1) is 9.63. The van der Waals surface area contributed by atoms with E-state index in [2.05, 4.69) is 18.7 Å². The van der Waals surface area contributed by atoms with Crippen LogP contribution in [0.2, 0.25) is 0 Å². The van der Waals surface area contributed by atoms with Crippen molar-refractivity contribution in [2.75, 3.05) is 19.6 Å². The summed E-state index contributed by atoms with van der Waals surface area (Å²) in [6.45, 7) is 7.78. The maximum atomic E-state index is 6.26. The quantitative estimate of drug-likeness (QED) is 0.845. The van der Waals surface area contributed by atoms with E-state index >= 15 is 0 Å². The van der Waals surface area contributed by atoms with Gasteiger partial charge < -0.3 is 10.5 Å². The summed E-state index contributed by atoms with van der Waals surface area (Å²) in [5.41, 5.74) is 6.47. The Kier molecular flexibility index (Phi) is 4.40. The largest absolute Gasteiger partial charge is 0.375 e. The first-order valence-corrected chi connectivity index (χ1v) is 8.73. The summed E-state index contributed by atoms with van der Waals surface area (Å²) in [7, 11) is 0. The molecule has 1 aliphatic carbocycles. The molecule has 0 radical (unpaired) electrons. The fourth-order valence-electron chi connectivity index (χ4n) is 5.23. The summed E-state index contributed by atoms with van der Waals surface area (Å²) in [5.74, 6) is 1.94. The highest BCUT2D eigenvalue weighted by atomic mass is 16.5. The van der Waals surface area contributed by atoms with Gasteiger partial charge in [0.1, 0.15) is 0 Å². The van der Waals surface area contributed by atoms with E-state index in [0.717, 1.165) is 31.2 Å². The van der Waals surface area contributed by atoms with Crippen LogP contribution in [0.25, 0.3) is 0 Å². The second-order valence-corrected chi connectivity index (χ2v) is 7.63. The lowest BCUT2D eigenvalue weighted by Gasteiger charge is -2.54. The molecule has 3 nitrogen and oxygen atoms in total. The summed E-state index contributed by atoms with van der Waals surface area (Å²) < 4.78 is 5.96. The standard InChI is InChI=1S/C17H32N2O/c1-13-9-17(12-18,10-14(2)20-13)19-8-7-15-5-3-4-6-16(15)11-19/h13-16H,3-12,18H2,1-2H3. The highest BCUT2D eigenvalue weighted by Gasteiger charge is 2.45. The van der Waals surface area contributed by atoms with Gasteiger partial charge in [0.05, 0.1) is 12.2 Å². The second kappa shape index (κ2) is 5.94. The van der Waals surface area contributed by atoms with Crippen molar-refractivity contribution in [2.45, 2.75) is 76.5 Å². The maximum Gasteiger partial charge on any atom is 0.0568 e. The van der Waals surface area contributed by atoms with Gasteiger partial charge in [0.15, 0.2) is 0 Å². The highest BCUT2D eigenvalue weighted by Crippen LogP contribution is 2.41. The molecule has 3 fully saturated rings. The van der Waals surface area contributed by atoms with E-state index in [4.69, 9.17) is 10.5 Å². The normalized spacial score (nSPS) is 47.0. The van der Waals surface area contributed by atoms with Gasteiger partial charge >= 0.3 is 0 Å². The molecule has 0 spiro atoms. The van der Waals surface area contributed by atoms with E-state index in [9.17, 15) is 0 Å². The van der Waals surface area contributed by atoms with E-state index in [1.54, 1.807) is 0 Å². The summed E-state index contributed by atoms with van der Waals surface area (Å²) >= 11 is 0. The van der Waals surface area contributed by atoms with Crippen molar-refractivity contribution < 1.29 is 4.74 Å². The molecule has 2 N–H and O–H groups in total. The van der Waals surface area contributed by atoms with Crippen molar-refractivity contribution in [3.63, 3.8) is 0 Å². The highest BCUT2D eigenvalue weighted by molar-refractivity contribution is 5.00. The van der Waals surface area contributed by atoms with Gasteiger partial charge in [-0.15, -0.1) is 0 Å². The smallest absolute Gasteiger partial charge is 0.0568 e. The lowest BCUT2D eigenvalue weighted by Crippen LogP contribution is -2.62. The van der Waals surface area contributed by atoms with Crippen molar-refractivity contribution in [1.82, 2.24) is 4.90 Å². The Morgan fingerprint density at radius 3 is 2.35 bits per heavy atom. The third-order valence-corrected chi connectivity index (χ3v) is 6.14. The SMILES string of the molecule is CC1CC(CN)(N2CCC3CCCCC3C2)CC(C)O1. The van der Waals surface area contributed by atoms with Crippen LogP contribution in [0.3, 0.4) is 0 Å². The summed E-state index contributed by atoms with van der Waals surface area (Å²) in [4.78, 5) is 2.76. The van der Waals surface area contributed by atoms with Crippen molar-refractivity contribution >= 4 is 0 Å². The van der Waals surface area contributed by atoms with Crippen LogP contribution >= 0.6 is 0 Å². The van der Waals surface area contributed by atoms with E-state index in [-0.39, 0.29) is 5.54 Å². The van der Waals surface area contributed by atoms with Crippen molar-refractivity contribution in [3.05, 3.63) is 0 Å². The van der Waals surface area contributed by atoms with E-state index in [1.807, 2.05) is 0 Å². The Labute approximate surface area is 124 Å². The van der Waals surface area contributed by atoms with Gasteiger partial charge in [-0.2, -0.15) is 0 Å². The first kappa shape index (κ1) is 14.8. The minimum Gasteiger partial charge on any atom is -0.375 e. The van der Waals surface area contributed by atoms with Crippen LogP contribution < -0.4 is 5.73 Å². The van der Waals surface area contributed by atoms with Crippen LogP contribution in [0.1, 0.15) is 58.8 Å². The maximum absolute atomic E-state index is 6.26. The molecule has 3 aliphatic rings. The zero-order chi connectivity index (χ0) is 14.2. The predicted octanol–water partition coefficient (Wildman–Crippen LogP) is 2.78. The molecule has 2 heterocycles. The molecule has 2 saturated heterocycles. The Bertz CT molecular complexity index is 323. The minimum atomic E-state index is 0.208. The minimum absolute atomic E-state index is 0.208. The Balaban J connectivity index is 1.72. The zero-order valence-corrected chi connectivity index (χ0v) is 13.3. The van der Waals surface area contributed by atoms with Gasteiger partial charge in [0.25, 0.3) is 0 Å². The monoisotopic (exact) mass is 280 g/mol. The number of nitrogens with two attached hydrogens (primary N) is 1. The van der Waals surface area contributed by atoms with E-state index < -0.39 is 0 Å². The number of piperidine rings is 1. The molecule has 4 atom stereocenters. The van der Waals surface area contributed by atoms with E-state index in [1.165, 1.54) is 45.2 Å². The van der Waals surface area contributed by atoms with Gasteiger partial charge in [-0.25, -0.2) is 0 Å². The lowest BCUT2D eigenvalue weighted by atomic mass is 9.72. The van der Waals surface area contributed by atoms with Gasteiger partial charge in [0, 0.05) is 18.6 Å². The Hall–Kier alpha value is -0.120. The summed E-state index contributed by atoms with van der Waals surface area (Å²) in [6.07, 6.45) is 10.2. The summed E-state index contributed by atoms with van der Waals surface area (Å²) in [6, 6.07) is 0. The van der Waals surface area contributed by atoms with Gasteiger partial charge in [0.2, 0.25) is 0 Å². The average Bonchev–Trinajstić information content (AvgIpc) is 2.45. The third kappa shape index (κ3) is 2.77. The van der Waals surface area contributed by atoms with Gasteiger partial charge in [-0.05, 0) is 57.9 Å². The molecule has 0 aromatic rings. The first-order valence-electron chi connectivity index (χ1n) is 8.73. The Morgan fingerprint density at radius 2 is 1.70 bits per heavy atom. The molecule has 0 aromatic carbocycles. The van der Waals surface area contributed by atoms with Crippen LogP contribution in [0.15, 0.2) is 0 Å². The van der Waals surface area contributed by atoms with Crippen molar-refractivity contribution in [2.24, 2.45) is 17.6 Å². The molecule has 1 saturated carbocycles. The number of rotatable bonds is 2. The van der Waals surface area contributed by atoms with Crippen molar-refractivity contribution in [3.8, 4) is 0 Å². The number of fused-ring (bicyclic) bond motifs is 1. The predicted molar refractivity (Wildman–Crippen MR) is 82.7 cm³/mol. The van der Waals surface area contributed by atoms with Gasteiger partial charge in [-0.1, -0.05) is 19.3 Å².